The molecular weight excluding hydrogens is 517 g/mol. The molecule has 0 aliphatic heterocycles. The van der Waals surface area contributed by atoms with Crippen LogP contribution in [-0.2, 0) is 17.3 Å². The normalized spacial score (nSPS) is 33.5. The van der Waals surface area contributed by atoms with Crippen molar-refractivity contribution in [2.24, 2.45) is 17.9 Å². The lowest BCUT2D eigenvalue weighted by Gasteiger charge is -2.65. The first-order valence-corrected chi connectivity index (χ1v) is 15.6. The van der Waals surface area contributed by atoms with Gasteiger partial charge in [-0.3, -0.25) is 9.48 Å². The van der Waals surface area contributed by atoms with Crippen LogP contribution in [0.2, 0.25) is 0 Å². The van der Waals surface area contributed by atoms with E-state index in [1.54, 1.807) is 0 Å². The molecule has 8 heteroatoms. The minimum Gasteiger partial charge on any atom is -0.339 e. The molecule has 0 unspecified atom stereocenters. The summed E-state index contributed by atoms with van der Waals surface area (Å²) in [5.74, 6) is 2.08. The van der Waals surface area contributed by atoms with Gasteiger partial charge in [0.15, 0.2) is 0 Å². The van der Waals surface area contributed by atoms with Crippen LogP contribution < -0.4 is 4.90 Å². The van der Waals surface area contributed by atoms with Crippen LogP contribution in [0.5, 0.6) is 0 Å². The van der Waals surface area contributed by atoms with Gasteiger partial charge in [0.2, 0.25) is 17.6 Å². The maximum atomic E-state index is 14.6. The number of alkyl halides is 1. The molecule has 7 nitrogen and oxygen atoms in total. The highest BCUT2D eigenvalue weighted by Gasteiger charge is 2.73. The van der Waals surface area contributed by atoms with Crippen LogP contribution in [0.3, 0.4) is 0 Å². The molecule has 1 aromatic carbocycles. The molecule has 41 heavy (non-hydrogen) atoms. The zero-order valence-corrected chi connectivity index (χ0v) is 24.5. The largest absolute Gasteiger partial charge is 0.339 e. The molecule has 3 aromatic rings. The molecule has 1 amide bonds. The third-order valence-electron chi connectivity index (χ3n) is 11.4. The number of aryl methyl sites for hydroxylation is 1. The van der Waals surface area contributed by atoms with E-state index in [-0.39, 0.29) is 22.7 Å². The van der Waals surface area contributed by atoms with Crippen LogP contribution in [0.15, 0.2) is 34.9 Å². The van der Waals surface area contributed by atoms with E-state index in [4.69, 9.17) is 9.62 Å². The predicted molar refractivity (Wildman–Crippen MR) is 153 cm³/mol. The molecule has 0 radical (unpaired) electrons. The number of nitrogens with zero attached hydrogens (tertiary/aromatic N) is 5. The number of aromatic nitrogens is 4. The Kier molecular flexibility index (Phi) is 5.33. The van der Waals surface area contributed by atoms with Crippen molar-refractivity contribution in [3.63, 3.8) is 0 Å². The lowest BCUT2D eigenvalue weighted by atomic mass is 9.41. The van der Waals surface area contributed by atoms with Crippen molar-refractivity contribution in [2.75, 3.05) is 11.4 Å². The molecule has 10 rings (SSSR count). The Hall–Kier alpha value is -3.03. The lowest BCUT2D eigenvalue weighted by Crippen LogP contribution is -2.71. The highest BCUT2D eigenvalue weighted by atomic mass is 19.1. The van der Waals surface area contributed by atoms with Crippen molar-refractivity contribution in [2.45, 2.75) is 107 Å². The first-order valence-electron chi connectivity index (χ1n) is 15.6. The average Bonchev–Trinajstić information content (AvgIpc) is 3.51. The van der Waals surface area contributed by atoms with Gasteiger partial charge in [-0.2, -0.15) is 10.1 Å². The zero-order valence-electron chi connectivity index (χ0n) is 24.5. The number of hydrogen-bond acceptors (Lipinski definition) is 5. The topological polar surface area (TPSA) is 77.1 Å². The zero-order chi connectivity index (χ0) is 28.2. The van der Waals surface area contributed by atoms with Gasteiger partial charge in [0.05, 0.1) is 11.1 Å². The summed E-state index contributed by atoms with van der Waals surface area (Å²) >= 11 is 0. The molecule has 0 atom stereocenters. The number of halogens is 1. The molecule has 2 aromatic heterocycles. The number of carbonyl (C=O) groups is 1. The Balaban J connectivity index is 1.07. The molecule has 0 N–H and O–H groups in total. The van der Waals surface area contributed by atoms with Crippen molar-refractivity contribution in [1.82, 2.24) is 19.9 Å². The fourth-order valence-electron chi connectivity index (χ4n) is 8.58. The quantitative estimate of drug-likeness (QED) is 0.298. The van der Waals surface area contributed by atoms with Crippen LogP contribution >= 0.6 is 0 Å². The van der Waals surface area contributed by atoms with Crippen molar-refractivity contribution >= 4 is 11.6 Å². The summed E-state index contributed by atoms with van der Waals surface area (Å²) in [7, 11) is 2.10. The maximum absolute atomic E-state index is 14.6. The summed E-state index contributed by atoms with van der Waals surface area (Å²) in [6.07, 6.45) is 10.3. The highest BCUT2D eigenvalue weighted by molar-refractivity contribution is 6.00. The van der Waals surface area contributed by atoms with Crippen LogP contribution in [0.4, 0.5) is 10.1 Å². The smallest absolute Gasteiger partial charge is 0.233 e. The van der Waals surface area contributed by atoms with Gasteiger partial charge in [0, 0.05) is 47.8 Å². The number of rotatable bonds is 8. The molecule has 4 bridgehead atoms. The van der Waals surface area contributed by atoms with E-state index >= 15 is 0 Å². The van der Waals surface area contributed by atoms with E-state index in [0.29, 0.717) is 43.4 Å². The molecule has 7 saturated carbocycles. The molecular formula is C33H40FN5O2. The standard InChI is InChI=1S/C33H40FN5O2/c1-21(2)28-35-27(37-41-28)23-5-4-6-24(15-23)39(29(40)32-17-33(34,18-32)19-32)20-30-9-12-31(13-10-30,14-11-30)26-16-25(22-7-8-22)38(3)36-26/h4-6,15-16,21-22H,7-14,17-20H2,1-3H3. The Morgan fingerprint density at radius 3 is 2.41 bits per heavy atom. The Morgan fingerprint density at radius 2 is 1.80 bits per heavy atom. The van der Waals surface area contributed by atoms with Crippen LogP contribution in [0.1, 0.15) is 114 Å². The molecule has 0 saturated heterocycles. The summed E-state index contributed by atoms with van der Waals surface area (Å²) < 4.78 is 22.2. The second-order valence-electron chi connectivity index (χ2n) is 14.6. The second-order valence-corrected chi connectivity index (χ2v) is 14.6. The van der Waals surface area contributed by atoms with E-state index < -0.39 is 11.1 Å². The fraction of sp³-hybridized carbons (Fsp3) is 0.636. The molecule has 7 aliphatic carbocycles. The summed E-state index contributed by atoms with van der Waals surface area (Å²) in [6, 6.07) is 10.4. The van der Waals surface area contributed by atoms with Gasteiger partial charge < -0.3 is 9.42 Å². The van der Waals surface area contributed by atoms with Gasteiger partial charge in [-0.15, -0.1) is 0 Å². The van der Waals surface area contributed by atoms with E-state index in [9.17, 15) is 9.18 Å². The molecule has 0 spiro atoms. The first kappa shape index (κ1) is 25.7. The number of benzene rings is 1. The first-order chi connectivity index (χ1) is 19.6. The third-order valence-corrected chi connectivity index (χ3v) is 11.4. The monoisotopic (exact) mass is 557 g/mol. The Morgan fingerprint density at radius 1 is 1.10 bits per heavy atom. The van der Waals surface area contributed by atoms with E-state index in [1.165, 1.54) is 24.2 Å². The number of fused-ring (bicyclic) bond motifs is 3. The average molecular weight is 558 g/mol. The van der Waals surface area contributed by atoms with Crippen LogP contribution in [0, 0.1) is 10.8 Å². The third kappa shape index (κ3) is 3.95. The predicted octanol–water partition coefficient (Wildman–Crippen LogP) is 6.99. The summed E-state index contributed by atoms with van der Waals surface area (Å²) in [5, 5.41) is 9.24. The molecule has 216 valence electrons. The highest BCUT2D eigenvalue weighted by Crippen LogP contribution is 2.70. The van der Waals surface area contributed by atoms with Gasteiger partial charge in [-0.1, -0.05) is 31.1 Å². The van der Waals surface area contributed by atoms with Gasteiger partial charge in [-0.05, 0) is 94.2 Å². The summed E-state index contributed by atoms with van der Waals surface area (Å²) in [5.41, 5.74) is 2.99. The number of amides is 1. The minimum absolute atomic E-state index is 0.0788. The second kappa shape index (κ2) is 8.51. The number of carbonyl (C=O) groups excluding carboxylic acids is 1. The lowest BCUT2D eigenvalue weighted by molar-refractivity contribution is -0.211. The minimum atomic E-state index is -1.11. The van der Waals surface area contributed by atoms with Crippen LogP contribution in [-0.4, -0.2) is 38.0 Å². The van der Waals surface area contributed by atoms with Gasteiger partial charge >= 0.3 is 0 Å². The van der Waals surface area contributed by atoms with Gasteiger partial charge in [0.25, 0.3) is 0 Å². The molecule has 7 fully saturated rings. The maximum Gasteiger partial charge on any atom is 0.233 e. The summed E-state index contributed by atoms with van der Waals surface area (Å²) in [4.78, 5) is 20.8. The van der Waals surface area contributed by atoms with E-state index in [1.807, 2.05) is 43.0 Å². The van der Waals surface area contributed by atoms with E-state index in [0.717, 1.165) is 49.8 Å². The molecule has 2 heterocycles. The van der Waals surface area contributed by atoms with E-state index in [2.05, 4.69) is 27.9 Å². The summed E-state index contributed by atoms with van der Waals surface area (Å²) in [6.45, 7) is 4.74. The van der Waals surface area contributed by atoms with Crippen molar-refractivity contribution < 1.29 is 13.7 Å². The Bertz CT molecular complexity index is 1490. The fourth-order valence-corrected chi connectivity index (χ4v) is 8.58. The number of anilines is 1. The van der Waals surface area contributed by atoms with Gasteiger partial charge in [-0.25, -0.2) is 4.39 Å². The van der Waals surface area contributed by atoms with Crippen molar-refractivity contribution in [3.8, 4) is 11.4 Å². The van der Waals surface area contributed by atoms with Crippen molar-refractivity contribution in [3.05, 3.63) is 47.6 Å². The number of hydrogen-bond donors (Lipinski definition) is 0. The Labute approximate surface area is 240 Å². The van der Waals surface area contributed by atoms with Gasteiger partial charge in [0.1, 0.15) is 5.67 Å². The molecule has 7 aliphatic rings. The van der Waals surface area contributed by atoms with Crippen LogP contribution in [0.25, 0.3) is 11.4 Å². The SMILES string of the molecule is CC(C)c1nc(-c2cccc(N(CC34CCC(c5cc(C6CC6)n(C)n5)(CC3)CC4)C(=O)C34CC(F)(C3)C4)c2)no1. The van der Waals surface area contributed by atoms with Crippen molar-refractivity contribution in [1.29, 1.82) is 0 Å².